The van der Waals surface area contributed by atoms with Crippen LogP contribution in [0.1, 0.15) is 13.3 Å². The summed E-state index contributed by atoms with van der Waals surface area (Å²) >= 11 is 0. The van der Waals surface area contributed by atoms with Crippen molar-refractivity contribution in [2.24, 2.45) is 5.92 Å². The summed E-state index contributed by atoms with van der Waals surface area (Å²) in [4.78, 5) is 2.49. The lowest BCUT2D eigenvalue weighted by atomic mass is 9.94. The van der Waals surface area contributed by atoms with Crippen LogP contribution >= 0.6 is 0 Å². The van der Waals surface area contributed by atoms with Crippen LogP contribution in [0.25, 0.3) is 0 Å². The molecule has 1 aliphatic rings. The van der Waals surface area contributed by atoms with Gasteiger partial charge in [0.1, 0.15) is 0 Å². The van der Waals surface area contributed by atoms with Crippen LogP contribution in [-0.4, -0.2) is 77.8 Å². The highest BCUT2D eigenvalue weighted by atomic mass is 16.5. The van der Waals surface area contributed by atoms with Crippen LogP contribution in [0.15, 0.2) is 0 Å². The number of nitrogens with zero attached hydrogens (tertiary/aromatic N) is 1. The van der Waals surface area contributed by atoms with E-state index in [1.165, 1.54) is 19.5 Å². The molecule has 5 nitrogen and oxygen atoms in total. The van der Waals surface area contributed by atoms with E-state index in [1.807, 2.05) is 0 Å². The maximum Gasteiger partial charge on any atom is 0.0701 e. The van der Waals surface area contributed by atoms with Crippen LogP contribution in [0.4, 0.5) is 0 Å². The first-order valence-electron chi connectivity index (χ1n) is 7.32. The molecule has 2 atom stereocenters. The SMILES string of the molecule is CNC1CCN(CCOCCOCCOC)CC1C. The predicted molar refractivity (Wildman–Crippen MR) is 76.6 cm³/mol. The van der Waals surface area contributed by atoms with Crippen LogP contribution in [0, 0.1) is 5.92 Å². The molecule has 0 aromatic heterocycles. The molecule has 0 aromatic rings. The summed E-state index contributed by atoms with van der Waals surface area (Å²) in [6.07, 6.45) is 1.23. The lowest BCUT2D eigenvalue weighted by Gasteiger charge is -2.36. The highest BCUT2D eigenvalue weighted by Gasteiger charge is 2.24. The van der Waals surface area contributed by atoms with Gasteiger partial charge < -0.3 is 24.4 Å². The van der Waals surface area contributed by atoms with Crippen molar-refractivity contribution < 1.29 is 14.2 Å². The van der Waals surface area contributed by atoms with E-state index < -0.39 is 0 Å². The van der Waals surface area contributed by atoms with Crippen molar-refractivity contribution >= 4 is 0 Å². The highest BCUT2D eigenvalue weighted by Crippen LogP contribution is 2.15. The maximum atomic E-state index is 5.58. The zero-order chi connectivity index (χ0) is 13.9. The van der Waals surface area contributed by atoms with E-state index in [4.69, 9.17) is 14.2 Å². The van der Waals surface area contributed by atoms with Gasteiger partial charge in [0.2, 0.25) is 0 Å². The Kier molecular flexibility index (Phi) is 9.38. The summed E-state index contributed by atoms with van der Waals surface area (Å²) in [5.41, 5.74) is 0. The molecule has 1 N–H and O–H groups in total. The number of likely N-dealkylation sites (tertiary alicyclic amines) is 1. The molecule has 0 aromatic carbocycles. The number of hydrogen-bond donors (Lipinski definition) is 1. The Labute approximate surface area is 117 Å². The topological polar surface area (TPSA) is 43.0 Å². The minimum atomic E-state index is 0.648. The molecular weight excluding hydrogens is 244 g/mol. The summed E-state index contributed by atoms with van der Waals surface area (Å²) in [7, 11) is 3.74. The second-order valence-corrected chi connectivity index (χ2v) is 5.18. The fourth-order valence-electron chi connectivity index (χ4n) is 2.52. The van der Waals surface area contributed by atoms with Gasteiger partial charge in [-0.1, -0.05) is 6.92 Å². The van der Waals surface area contributed by atoms with Gasteiger partial charge >= 0.3 is 0 Å². The molecule has 0 radical (unpaired) electrons. The van der Waals surface area contributed by atoms with E-state index >= 15 is 0 Å². The lowest BCUT2D eigenvalue weighted by molar-refractivity contribution is 0.0159. The second-order valence-electron chi connectivity index (χ2n) is 5.18. The van der Waals surface area contributed by atoms with Crippen LogP contribution in [0.5, 0.6) is 0 Å². The molecule has 0 bridgehead atoms. The average molecular weight is 274 g/mol. The number of methoxy groups -OCH3 is 1. The fourth-order valence-corrected chi connectivity index (χ4v) is 2.52. The quantitative estimate of drug-likeness (QED) is 0.591. The van der Waals surface area contributed by atoms with E-state index in [9.17, 15) is 0 Å². The van der Waals surface area contributed by atoms with Gasteiger partial charge in [-0.25, -0.2) is 0 Å². The van der Waals surface area contributed by atoms with Gasteiger partial charge in [0.25, 0.3) is 0 Å². The van der Waals surface area contributed by atoms with Crippen molar-refractivity contribution in [1.29, 1.82) is 0 Å². The largest absolute Gasteiger partial charge is 0.382 e. The Morgan fingerprint density at radius 3 is 2.42 bits per heavy atom. The lowest BCUT2D eigenvalue weighted by Crippen LogP contribution is -2.48. The van der Waals surface area contributed by atoms with E-state index in [-0.39, 0.29) is 0 Å². The molecule has 1 rings (SSSR count). The zero-order valence-electron chi connectivity index (χ0n) is 12.7. The third-order valence-electron chi connectivity index (χ3n) is 3.72. The molecule has 19 heavy (non-hydrogen) atoms. The standard InChI is InChI=1S/C14H30N2O3/c1-13-12-16(5-4-14(13)15-2)6-7-18-10-11-19-9-8-17-3/h13-15H,4-12H2,1-3H3. The van der Waals surface area contributed by atoms with Crippen molar-refractivity contribution in [2.45, 2.75) is 19.4 Å². The normalized spacial score (nSPS) is 24.8. The van der Waals surface area contributed by atoms with Gasteiger partial charge in [-0.05, 0) is 25.9 Å². The minimum Gasteiger partial charge on any atom is -0.382 e. The Morgan fingerprint density at radius 1 is 1.11 bits per heavy atom. The molecule has 1 saturated heterocycles. The molecule has 114 valence electrons. The molecular formula is C14H30N2O3. The minimum absolute atomic E-state index is 0.648. The van der Waals surface area contributed by atoms with Crippen molar-refractivity contribution in [3.8, 4) is 0 Å². The average Bonchev–Trinajstić information content (AvgIpc) is 2.42. The van der Waals surface area contributed by atoms with Crippen LogP contribution in [0.2, 0.25) is 0 Å². The molecule has 0 amide bonds. The first-order chi connectivity index (χ1) is 9.27. The Bertz CT molecular complexity index is 217. The van der Waals surface area contributed by atoms with E-state index in [0.29, 0.717) is 32.5 Å². The number of rotatable bonds is 10. The van der Waals surface area contributed by atoms with Gasteiger partial charge in [0.05, 0.1) is 33.0 Å². The molecule has 0 aliphatic carbocycles. The Hall–Kier alpha value is -0.200. The van der Waals surface area contributed by atoms with E-state index in [1.54, 1.807) is 7.11 Å². The maximum absolute atomic E-state index is 5.58. The van der Waals surface area contributed by atoms with Gasteiger partial charge in [-0.15, -0.1) is 0 Å². The summed E-state index contributed by atoms with van der Waals surface area (Å²) in [5, 5.41) is 3.39. The number of piperidine rings is 1. The first-order valence-corrected chi connectivity index (χ1v) is 7.32. The first kappa shape index (κ1) is 16.9. The van der Waals surface area contributed by atoms with E-state index in [2.05, 4.69) is 24.2 Å². The van der Waals surface area contributed by atoms with Gasteiger partial charge in [0, 0.05) is 26.2 Å². The molecule has 1 fully saturated rings. The zero-order valence-corrected chi connectivity index (χ0v) is 12.7. The van der Waals surface area contributed by atoms with Crippen molar-refractivity contribution in [2.75, 3.05) is 66.8 Å². The van der Waals surface area contributed by atoms with Crippen molar-refractivity contribution in [3.63, 3.8) is 0 Å². The molecule has 1 heterocycles. The Morgan fingerprint density at radius 2 is 1.79 bits per heavy atom. The number of hydrogen-bond acceptors (Lipinski definition) is 5. The van der Waals surface area contributed by atoms with Gasteiger partial charge in [-0.2, -0.15) is 0 Å². The molecule has 1 aliphatic heterocycles. The third-order valence-corrected chi connectivity index (χ3v) is 3.72. The van der Waals surface area contributed by atoms with Gasteiger partial charge in [0.15, 0.2) is 0 Å². The fraction of sp³-hybridized carbons (Fsp3) is 1.00. The smallest absolute Gasteiger partial charge is 0.0701 e. The molecule has 0 saturated carbocycles. The Balaban J connectivity index is 1.93. The molecule has 0 spiro atoms. The molecule has 2 unspecified atom stereocenters. The second kappa shape index (κ2) is 10.6. The van der Waals surface area contributed by atoms with Crippen LogP contribution in [-0.2, 0) is 14.2 Å². The number of ether oxygens (including phenoxy) is 3. The van der Waals surface area contributed by atoms with Crippen LogP contribution in [0.3, 0.4) is 0 Å². The predicted octanol–water partition coefficient (Wildman–Crippen LogP) is 0.596. The monoisotopic (exact) mass is 274 g/mol. The summed E-state index contributed by atoms with van der Waals surface area (Å²) < 4.78 is 15.8. The summed E-state index contributed by atoms with van der Waals surface area (Å²) in [6.45, 7) is 9.10. The third kappa shape index (κ3) is 7.22. The number of nitrogens with one attached hydrogen (secondary N) is 1. The highest BCUT2D eigenvalue weighted by molar-refractivity contribution is 4.81. The van der Waals surface area contributed by atoms with Crippen molar-refractivity contribution in [1.82, 2.24) is 10.2 Å². The summed E-state index contributed by atoms with van der Waals surface area (Å²) in [5.74, 6) is 0.719. The van der Waals surface area contributed by atoms with Crippen molar-refractivity contribution in [3.05, 3.63) is 0 Å². The van der Waals surface area contributed by atoms with Crippen LogP contribution < -0.4 is 5.32 Å². The molecule has 5 heteroatoms. The summed E-state index contributed by atoms with van der Waals surface area (Å²) in [6, 6.07) is 0.673. The van der Waals surface area contributed by atoms with E-state index in [0.717, 1.165) is 19.1 Å². The van der Waals surface area contributed by atoms with Gasteiger partial charge in [-0.3, -0.25) is 0 Å².